The van der Waals surface area contributed by atoms with E-state index in [-0.39, 0.29) is 18.3 Å². The average molecular weight is 437 g/mol. The van der Waals surface area contributed by atoms with Gasteiger partial charge in [0, 0.05) is 28.5 Å². The largest absolute Gasteiger partial charge is 0.381 e. The molecule has 0 radical (unpaired) electrons. The minimum absolute atomic E-state index is 0.117. The van der Waals surface area contributed by atoms with Crippen molar-refractivity contribution in [1.82, 2.24) is 5.32 Å². The third kappa shape index (κ3) is 5.53. The Balaban J connectivity index is 1.44. The van der Waals surface area contributed by atoms with E-state index in [4.69, 9.17) is 4.74 Å². The minimum atomic E-state index is -0.401. The lowest BCUT2D eigenvalue weighted by Crippen LogP contribution is -2.49. The number of carbonyl (C=O) groups is 1. The number of carbonyl (C=O) groups excluding carboxylic acids is 1. The van der Waals surface area contributed by atoms with E-state index in [9.17, 15) is 9.18 Å². The first kappa shape index (κ1) is 21.6. The van der Waals surface area contributed by atoms with Crippen LogP contribution in [0.4, 0.5) is 10.1 Å². The molecule has 0 aliphatic carbocycles. The van der Waals surface area contributed by atoms with Crippen LogP contribution in [0.2, 0.25) is 0 Å². The second-order valence-corrected chi connectivity index (χ2v) is 8.63. The zero-order chi connectivity index (χ0) is 21.5. The molecule has 0 unspecified atom stereocenters. The predicted octanol–water partition coefficient (Wildman–Crippen LogP) is 5.21. The van der Waals surface area contributed by atoms with Gasteiger partial charge in [0.15, 0.2) is 0 Å². The van der Waals surface area contributed by atoms with Crippen molar-refractivity contribution in [1.29, 1.82) is 0 Å². The van der Waals surface area contributed by atoms with Crippen LogP contribution in [0.3, 0.4) is 0 Å². The fraction of sp³-hybridized carbons (Fsp3) is 0.240. The molecule has 2 N–H and O–H groups in total. The molecular weight excluding hydrogens is 411 g/mol. The van der Waals surface area contributed by atoms with E-state index in [2.05, 4.69) is 10.6 Å². The van der Waals surface area contributed by atoms with Crippen molar-refractivity contribution in [3.05, 3.63) is 90.2 Å². The highest BCUT2D eigenvalue weighted by molar-refractivity contribution is 7.99. The van der Waals surface area contributed by atoms with Gasteiger partial charge in [0.25, 0.3) is 0 Å². The fourth-order valence-corrected chi connectivity index (χ4v) is 4.70. The molecule has 0 bridgehead atoms. The molecule has 1 fully saturated rings. The number of rotatable bonds is 7. The number of amides is 1. The lowest BCUT2D eigenvalue weighted by Gasteiger charge is -2.38. The van der Waals surface area contributed by atoms with Gasteiger partial charge >= 0.3 is 0 Å². The fourth-order valence-electron chi connectivity index (χ4n) is 3.77. The molecule has 0 saturated carbocycles. The van der Waals surface area contributed by atoms with Crippen LogP contribution in [0.1, 0.15) is 18.4 Å². The summed E-state index contributed by atoms with van der Waals surface area (Å²) in [5.41, 5.74) is 1.36. The SMILES string of the molecule is O=C(CNC1(c2ccc(F)cc2)CCOCC1)Nc1ccccc1Sc1ccccc1. The number of halogens is 1. The third-order valence-electron chi connectivity index (χ3n) is 5.46. The van der Waals surface area contributed by atoms with Crippen LogP contribution in [0.25, 0.3) is 0 Å². The van der Waals surface area contributed by atoms with E-state index in [1.165, 1.54) is 12.1 Å². The standard InChI is InChI=1S/C25H25FN2O2S/c26-20-12-10-19(11-13-20)25(14-16-30-17-15-25)27-18-24(29)28-22-8-4-5-9-23(22)31-21-6-2-1-3-7-21/h1-13,27H,14-18H2,(H,28,29). The van der Waals surface area contributed by atoms with E-state index < -0.39 is 5.54 Å². The average Bonchev–Trinajstić information content (AvgIpc) is 2.81. The molecule has 1 amide bonds. The van der Waals surface area contributed by atoms with E-state index in [0.717, 1.165) is 33.9 Å². The van der Waals surface area contributed by atoms with Gasteiger partial charge < -0.3 is 10.1 Å². The highest BCUT2D eigenvalue weighted by Crippen LogP contribution is 2.34. The Morgan fingerprint density at radius 3 is 2.35 bits per heavy atom. The first-order chi connectivity index (χ1) is 15.1. The predicted molar refractivity (Wildman–Crippen MR) is 122 cm³/mol. The van der Waals surface area contributed by atoms with Crippen LogP contribution in [-0.2, 0) is 15.1 Å². The van der Waals surface area contributed by atoms with E-state index >= 15 is 0 Å². The molecule has 0 spiro atoms. The monoisotopic (exact) mass is 436 g/mol. The van der Waals surface area contributed by atoms with Crippen LogP contribution < -0.4 is 10.6 Å². The van der Waals surface area contributed by atoms with Gasteiger partial charge in [0.05, 0.1) is 12.2 Å². The molecule has 4 nitrogen and oxygen atoms in total. The van der Waals surface area contributed by atoms with Crippen LogP contribution in [0.5, 0.6) is 0 Å². The molecular formula is C25H25FN2O2S. The highest BCUT2D eigenvalue weighted by Gasteiger charge is 2.34. The molecule has 1 aliphatic heterocycles. The number of hydrogen-bond donors (Lipinski definition) is 2. The topological polar surface area (TPSA) is 50.4 Å². The van der Waals surface area contributed by atoms with Gasteiger partial charge in [0.1, 0.15) is 5.82 Å². The molecule has 160 valence electrons. The summed E-state index contributed by atoms with van der Waals surface area (Å²) in [6.07, 6.45) is 1.46. The van der Waals surface area contributed by atoms with Gasteiger partial charge in [-0.2, -0.15) is 0 Å². The normalized spacial score (nSPS) is 15.4. The zero-order valence-electron chi connectivity index (χ0n) is 17.1. The van der Waals surface area contributed by atoms with Crippen LogP contribution in [0, 0.1) is 5.82 Å². The van der Waals surface area contributed by atoms with Gasteiger partial charge in [-0.25, -0.2) is 4.39 Å². The first-order valence-electron chi connectivity index (χ1n) is 10.4. The molecule has 3 aromatic carbocycles. The zero-order valence-corrected chi connectivity index (χ0v) is 18.0. The number of anilines is 1. The molecule has 0 atom stereocenters. The molecule has 1 heterocycles. The van der Waals surface area contributed by atoms with Crippen molar-refractivity contribution in [2.24, 2.45) is 0 Å². The van der Waals surface area contributed by atoms with Gasteiger partial charge in [-0.3, -0.25) is 10.1 Å². The number of hydrogen-bond acceptors (Lipinski definition) is 4. The summed E-state index contributed by atoms with van der Waals surface area (Å²) in [5, 5.41) is 6.47. The minimum Gasteiger partial charge on any atom is -0.381 e. The quantitative estimate of drug-likeness (QED) is 0.534. The summed E-state index contributed by atoms with van der Waals surface area (Å²) in [6, 6.07) is 24.4. The maximum atomic E-state index is 13.4. The molecule has 1 aliphatic rings. The molecule has 3 aromatic rings. The van der Waals surface area contributed by atoms with Crippen molar-refractivity contribution in [3.63, 3.8) is 0 Å². The number of ether oxygens (including phenoxy) is 1. The van der Waals surface area contributed by atoms with Crippen molar-refractivity contribution in [2.75, 3.05) is 25.1 Å². The van der Waals surface area contributed by atoms with Crippen molar-refractivity contribution in [2.45, 2.75) is 28.2 Å². The van der Waals surface area contributed by atoms with Crippen LogP contribution >= 0.6 is 11.8 Å². The molecule has 0 aromatic heterocycles. The summed E-state index contributed by atoms with van der Waals surface area (Å²) in [7, 11) is 0. The smallest absolute Gasteiger partial charge is 0.238 e. The second kappa shape index (κ2) is 10.1. The first-order valence-corrected chi connectivity index (χ1v) is 11.2. The van der Waals surface area contributed by atoms with Crippen LogP contribution in [0.15, 0.2) is 88.7 Å². The number of nitrogens with one attached hydrogen (secondary N) is 2. The van der Waals surface area contributed by atoms with Crippen LogP contribution in [-0.4, -0.2) is 25.7 Å². The Bertz CT molecular complexity index is 1010. The Morgan fingerprint density at radius 2 is 1.61 bits per heavy atom. The van der Waals surface area contributed by atoms with Crippen molar-refractivity contribution >= 4 is 23.4 Å². The molecule has 6 heteroatoms. The maximum Gasteiger partial charge on any atom is 0.238 e. The Hall–Kier alpha value is -2.67. The Kier molecular flexibility index (Phi) is 7.02. The third-order valence-corrected chi connectivity index (χ3v) is 6.55. The van der Waals surface area contributed by atoms with Gasteiger partial charge in [-0.15, -0.1) is 0 Å². The molecule has 1 saturated heterocycles. The molecule has 4 rings (SSSR count). The maximum absolute atomic E-state index is 13.4. The highest BCUT2D eigenvalue weighted by atomic mass is 32.2. The second-order valence-electron chi connectivity index (χ2n) is 7.51. The van der Waals surface area contributed by atoms with E-state index in [0.29, 0.717) is 13.2 Å². The summed E-state index contributed by atoms with van der Waals surface area (Å²) in [5.74, 6) is -0.384. The van der Waals surface area contributed by atoms with Gasteiger partial charge in [0.2, 0.25) is 5.91 Å². The number of benzene rings is 3. The van der Waals surface area contributed by atoms with Crippen molar-refractivity contribution < 1.29 is 13.9 Å². The lowest BCUT2D eigenvalue weighted by atomic mass is 9.82. The Morgan fingerprint density at radius 1 is 0.935 bits per heavy atom. The van der Waals surface area contributed by atoms with E-state index in [1.54, 1.807) is 23.9 Å². The lowest BCUT2D eigenvalue weighted by molar-refractivity contribution is -0.116. The summed E-state index contributed by atoms with van der Waals surface area (Å²) < 4.78 is 18.9. The summed E-state index contributed by atoms with van der Waals surface area (Å²) >= 11 is 1.61. The molecule has 31 heavy (non-hydrogen) atoms. The summed E-state index contributed by atoms with van der Waals surface area (Å²) in [6.45, 7) is 1.35. The van der Waals surface area contributed by atoms with Gasteiger partial charge in [-0.1, -0.05) is 54.2 Å². The van der Waals surface area contributed by atoms with Crippen molar-refractivity contribution in [3.8, 4) is 0 Å². The van der Waals surface area contributed by atoms with Gasteiger partial charge in [-0.05, 0) is 54.8 Å². The number of para-hydroxylation sites is 1. The Labute approximate surface area is 186 Å². The summed E-state index contributed by atoms with van der Waals surface area (Å²) in [4.78, 5) is 14.9. The van der Waals surface area contributed by atoms with E-state index in [1.807, 2.05) is 54.6 Å².